The van der Waals surface area contributed by atoms with E-state index in [-0.39, 0.29) is 28.7 Å². The molecule has 0 aliphatic heterocycles. The summed E-state index contributed by atoms with van der Waals surface area (Å²) in [6.45, 7) is 7.71. The van der Waals surface area contributed by atoms with Gasteiger partial charge in [0, 0.05) is 29.6 Å². The first-order valence-electron chi connectivity index (χ1n) is 8.64. The molecule has 0 spiro atoms. The van der Waals surface area contributed by atoms with Gasteiger partial charge in [0.25, 0.3) is 5.56 Å². The predicted molar refractivity (Wildman–Crippen MR) is 99.8 cm³/mol. The molecular formula is C19H21N5O3. The van der Waals surface area contributed by atoms with E-state index in [0.29, 0.717) is 22.5 Å². The maximum Gasteiger partial charge on any atom is 0.354 e. The van der Waals surface area contributed by atoms with E-state index in [0.717, 1.165) is 0 Å². The number of ether oxygens (including phenoxy) is 1. The molecule has 0 radical (unpaired) electrons. The molecule has 3 aromatic rings. The van der Waals surface area contributed by atoms with Gasteiger partial charge in [-0.05, 0) is 25.8 Å². The summed E-state index contributed by atoms with van der Waals surface area (Å²) in [5, 5.41) is 12.1. The van der Waals surface area contributed by atoms with Crippen LogP contribution in [0.25, 0.3) is 16.9 Å². The van der Waals surface area contributed by atoms with E-state index in [1.54, 1.807) is 16.8 Å². The van der Waals surface area contributed by atoms with Crippen molar-refractivity contribution in [1.29, 1.82) is 5.26 Å². The van der Waals surface area contributed by atoms with Gasteiger partial charge in [-0.3, -0.25) is 9.89 Å². The van der Waals surface area contributed by atoms with Crippen LogP contribution in [0.4, 0.5) is 0 Å². The number of rotatable bonds is 4. The van der Waals surface area contributed by atoms with Gasteiger partial charge < -0.3 is 9.30 Å². The Bertz CT molecular complexity index is 1120. The highest BCUT2D eigenvalue weighted by atomic mass is 16.5. The highest BCUT2D eigenvalue weighted by Gasteiger charge is 2.23. The third kappa shape index (κ3) is 2.91. The molecule has 0 saturated carbocycles. The van der Waals surface area contributed by atoms with Gasteiger partial charge in [0.1, 0.15) is 17.3 Å². The zero-order valence-corrected chi connectivity index (χ0v) is 15.9. The number of nitrogens with zero attached hydrogens (tertiary/aromatic N) is 4. The first-order valence-corrected chi connectivity index (χ1v) is 8.64. The molecule has 0 unspecified atom stereocenters. The molecule has 3 rings (SSSR count). The average Bonchev–Trinajstić information content (AvgIpc) is 3.24. The summed E-state index contributed by atoms with van der Waals surface area (Å²) in [4.78, 5) is 29.8. The first kappa shape index (κ1) is 18.5. The molecule has 8 nitrogen and oxygen atoms in total. The monoisotopic (exact) mass is 367 g/mol. The number of fused-ring (bicyclic) bond motifs is 1. The molecule has 3 aromatic heterocycles. The van der Waals surface area contributed by atoms with Gasteiger partial charge in [0.2, 0.25) is 0 Å². The number of hydrogen-bond acceptors (Lipinski definition) is 5. The van der Waals surface area contributed by atoms with Crippen LogP contribution in [0.1, 0.15) is 61.3 Å². The van der Waals surface area contributed by atoms with E-state index in [9.17, 15) is 14.9 Å². The highest BCUT2D eigenvalue weighted by Crippen LogP contribution is 2.29. The smallest absolute Gasteiger partial charge is 0.354 e. The molecule has 27 heavy (non-hydrogen) atoms. The molecule has 0 saturated heterocycles. The van der Waals surface area contributed by atoms with Crippen molar-refractivity contribution in [2.24, 2.45) is 0 Å². The standard InChI is InChI=1S/C19H21N5O3/c1-10(2)15-16(22-17-13(7-20)8-21-24(17)18(15)25)12-6-14(19(26)27-5)23(9-12)11(3)4/h6,8-11,21H,1-5H3. The quantitative estimate of drug-likeness (QED) is 0.714. The third-order valence-corrected chi connectivity index (χ3v) is 4.47. The van der Waals surface area contributed by atoms with Crippen LogP contribution < -0.4 is 5.56 Å². The maximum absolute atomic E-state index is 13.0. The summed E-state index contributed by atoms with van der Waals surface area (Å²) in [5.41, 5.74) is 2.28. The van der Waals surface area contributed by atoms with E-state index in [1.165, 1.54) is 17.8 Å². The number of nitriles is 1. The summed E-state index contributed by atoms with van der Waals surface area (Å²) >= 11 is 0. The number of H-pyrrole nitrogens is 1. The Morgan fingerprint density at radius 2 is 2.04 bits per heavy atom. The van der Waals surface area contributed by atoms with Crippen molar-refractivity contribution in [3.8, 4) is 17.3 Å². The normalized spacial score (nSPS) is 11.3. The Kier molecular flexibility index (Phi) is 4.62. The number of carbonyl (C=O) groups excluding carboxylic acids is 1. The number of carbonyl (C=O) groups is 1. The molecular weight excluding hydrogens is 346 g/mol. The summed E-state index contributed by atoms with van der Waals surface area (Å²) in [7, 11) is 1.33. The van der Waals surface area contributed by atoms with E-state index in [2.05, 4.69) is 10.1 Å². The predicted octanol–water partition coefficient (Wildman–Crippen LogP) is 2.85. The first-order chi connectivity index (χ1) is 12.8. The molecule has 0 fully saturated rings. The van der Waals surface area contributed by atoms with Gasteiger partial charge in [-0.2, -0.15) is 5.26 Å². The molecule has 140 valence electrons. The Morgan fingerprint density at radius 1 is 1.33 bits per heavy atom. The van der Waals surface area contributed by atoms with Gasteiger partial charge >= 0.3 is 5.97 Å². The van der Waals surface area contributed by atoms with Crippen LogP contribution in [0.3, 0.4) is 0 Å². The number of nitrogens with one attached hydrogen (secondary N) is 1. The van der Waals surface area contributed by atoms with E-state index >= 15 is 0 Å². The number of hydrogen-bond donors (Lipinski definition) is 1. The zero-order valence-electron chi connectivity index (χ0n) is 15.9. The largest absolute Gasteiger partial charge is 0.464 e. The Labute approximate surface area is 156 Å². The van der Waals surface area contributed by atoms with Crippen LogP contribution in [0.15, 0.2) is 23.3 Å². The van der Waals surface area contributed by atoms with Gasteiger partial charge in [-0.15, -0.1) is 0 Å². The Balaban J connectivity index is 2.37. The van der Waals surface area contributed by atoms with E-state index in [4.69, 9.17) is 4.74 Å². The second kappa shape index (κ2) is 6.76. The van der Waals surface area contributed by atoms with Crippen molar-refractivity contribution in [3.63, 3.8) is 0 Å². The molecule has 0 aliphatic rings. The summed E-state index contributed by atoms with van der Waals surface area (Å²) < 4.78 is 7.94. The van der Waals surface area contributed by atoms with Gasteiger partial charge in [0.05, 0.1) is 12.8 Å². The summed E-state index contributed by atoms with van der Waals surface area (Å²) in [5.74, 6) is -0.562. The third-order valence-electron chi connectivity index (χ3n) is 4.47. The molecule has 3 heterocycles. The van der Waals surface area contributed by atoms with Crippen LogP contribution in [0, 0.1) is 11.3 Å². The lowest BCUT2D eigenvalue weighted by Gasteiger charge is -2.12. The van der Waals surface area contributed by atoms with Gasteiger partial charge in [-0.1, -0.05) is 13.8 Å². The Hall–Kier alpha value is -3.34. The number of aromatic nitrogens is 4. The minimum absolute atomic E-state index is 0.0158. The molecule has 1 N–H and O–H groups in total. The fraction of sp³-hybridized carbons (Fsp3) is 0.368. The van der Waals surface area contributed by atoms with Crippen LogP contribution in [0.2, 0.25) is 0 Å². The lowest BCUT2D eigenvalue weighted by molar-refractivity contribution is 0.0586. The SMILES string of the molecule is COC(=O)c1cc(-c2nc3c(C#N)c[nH]n3c(=O)c2C(C)C)cn1C(C)C. The average molecular weight is 367 g/mol. The number of esters is 1. The lowest BCUT2D eigenvalue weighted by atomic mass is 9.99. The maximum atomic E-state index is 13.0. The van der Waals surface area contributed by atoms with Crippen molar-refractivity contribution in [2.45, 2.75) is 39.7 Å². The lowest BCUT2D eigenvalue weighted by Crippen LogP contribution is -2.22. The molecule has 0 amide bonds. The van der Waals surface area contributed by atoms with Crippen molar-refractivity contribution in [2.75, 3.05) is 7.11 Å². The van der Waals surface area contributed by atoms with Crippen molar-refractivity contribution in [1.82, 2.24) is 19.2 Å². The number of aromatic amines is 1. The van der Waals surface area contributed by atoms with Crippen molar-refractivity contribution >= 4 is 11.6 Å². The Morgan fingerprint density at radius 3 is 2.59 bits per heavy atom. The second-order valence-corrected chi connectivity index (χ2v) is 6.90. The van der Waals surface area contributed by atoms with Crippen molar-refractivity contribution < 1.29 is 9.53 Å². The van der Waals surface area contributed by atoms with Gasteiger partial charge in [-0.25, -0.2) is 14.3 Å². The summed E-state index contributed by atoms with van der Waals surface area (Å²) in [6, 6.07) is 3.73. The van der Waals surface area contributed by atoms with E-state index < -0.39 is 5.97 Å². The van der Waals surface area contributed by atoms with Crippen LogP contribution in [-0.2, 0) is 4.74 Å². The number of methoxy groups -OCH3 is 1. The minimum Gasteiger partial charge on any atom is -0.464 e. The molecule has 0 aliphatic carbocycles. The topological polar surface area (TPSA) is 105 Å². The fourth-order valence-corrected chi connectivity index (χ4v) is 3.15. The molecule has 0 atom stereocenters. The van der Waals surface area contributed by atoms with Crippen LogP contribution in [-0.4, -0.2) is 32.2 Å². The molecule has 8 heteroatoms. The summed E-state index contributed by atoms with van der Waals surface area (Å²) in [6.07, 6.45) is 3.25. The van der Waals surface area contributed by atoms with Crippen LogP contribution in [0.5, 0.6) is 0 Å². The zero-order chi connectivity index (χ0) is 19.9. The highest BCUT2D eigenvalue weighted by molar-refractivity contribution is 5.90. The van der Waals surface area contributed by atoms with Crippen LogP contribution >= 0.6 is 0 Å². The minimum atomic E-state index is -0.460. The van der Waals surface area contributed by atoms with E-state index in [1.807, 2.05) is 33.8 Å². The molecule has 0 aromatic carbocycles. The van der Waals surface area contributed by atoms with Gasteiger partial charge in [0.15, 0.2) is 5.65 Å². The molecule has 0 bridgehead atoms. The van der Waals surface area contributed by atoms with Crippen molar-refractivity contribution in [3.05, 3.63) is 45.6 Å². The second-order valence-electron chi connectivity index (χ2n) is 6.90. The fourth-order valence-electron chi connectivity index (χ4n) is 3.15.